The number of rotatable bonds is 5. The van der Waals surface area contributed by atoms with Crippen LogP contribution in [-0.2, 0) is 16.0 Å². The highest BCUT2D eigenvalue weighted by Gasteiger charge is 2.22. The third-order valence-corrected chi connectivity index (χ3v) is 5.02. The van der Waals surface area contributed by atoms with Gasteiger partial charge in [-0.15, -0.1) is 0 Å². The number of halogens is 1. The van der Waals surface area contributed by atoms with Gasteiger partial charge in [-0.05, 0) is 41.3 Å². The van der Waals surface area contributed by atoms with E-state index in [-0.39, 0.29) is 12.6 Å². The highest BCUT2D eigenvalue weighted by Crippen LogP contribution is 2.33. The Morgan fingerprint density at radius 2 is 1.67 bits per heavy atom. The predicted octanol–water partition coefficient (Wildman–Crippen LogP) is 5.85. The summed E-state index contributed by atoms with van der Waals surface area (Å²) in [6, 6.07) is 26.6. The first kappa shape index (κ1) is 18.2. The van der Waals surface area contributed by atoms with Gasteiger partial charge >= 0.3 is 0 Å². The fraction of sp³-hybridized carbons (Fsp3) is 0.0800. The molecule has 4 nitrogen and oxygen atoms in total. The van der Waals surface area contributed by atoms with Crippen LogP contribution in [0.15, 0.2) is 97.1 Å². The fourth-order valence-corrected chi connectivity index (χ4v) is 3.55. The lowest BCUT2D eigenvalue weighted by atomic mass is 10.1. The van der Waals surface area contributed by atoms with Crippen molar-refractivity contribution in [3.05, 3.63) is 108 Å². The largest absolute Gasteiger partial charge is 0.459 e. The molecular formula is C25H19FN2O2. The summed E-state index contributed by atoms with van der Waals surface area (Å²) in [6.45, 7) is 0.746. The molecule has 0 amide bonds. The van der Waals surface area contributed by atoms with E-state index >= 15 is 0 Å². The smallest absolute Gasteiger partial charge is 0.234 e. The average Bonchev–Trinajstić information content (AvgIpc) is 3.33. The van der Waals surface area contributed by atoms with Gasteiger partial charge in [-0.25, -0.2) is 9.37 Å². The van der Waals surface area contributed by atoms with Crippen LogP contribution in [0.2, 0.25) is 0 Å². The molecule has 1 aliphatic heterocycles. The number of pyridine rings is 1. The molecule has 0 saturated carbocycles. The van der Waals surface area contributed by atoms with E-state index in [2.05, 4.69) is 18.2 Å². The maximum absolute atomic E-state index is 13.4. The van der Waals surface area contributed by atoms with Crippen molar-refractivity contribution < 1.29 is 13.9 Å². The molecule has 0 spiro atoms. The Balaban J connectivity index is 1.68. The minimum Gasteiger partial charge on any atom is -0.459 e. The molecule has 0 unspecified atom stereocenters. The highest BCUT2D eigenvalue weighted by atomic mass is 19.1. The van der Waals surface area contributed by atoms with Crippen LogP contribution in [0.25, 0.3) is 22.0 Å². The fourth-order valence-electron chi connectivity index (χ4n) is 3.55. The van der Waals surface area contributed by atoms with E-state index in [9.17, 15) is 4.39 Å². The second-order valence-corrected chi connectivity index (χ2v) is 7.02. The Morgan fingerprint density at radius 3 is 2.43 bits per heavy atom. The van der Waals surface area contributed by atoms with Crippen molar-refractivity contribution in [2.45, 2.75) is 6.54 Å². The van der Waals surface area contributed by atoms with Gasteiger partial charge in [0.25, 0.3) is 0 Å². The molecule has 0 fully saturated rings. The Morgan fingerprint density at radius 1 is 0.900 bits per heavy atom. The predicted molar refractivity (Wildman–Crippen MR) is 115 cm³/mol. The molecule has 3 aromatic carbocycles. The molecule has 5 rings (SSSR count). The number of fused-ring (bicyclic) bond motifs is 1. The summed E-state index contributed by atoms with van der Waals surface area (Å²) in [5.41, 5.74) is 2.73. The SMILES string of the molecule is Fc1ccc(-c2cc3ccccc3c(N(Cc3ccccc3)C3=COCO3)n2)cc1. The van der Waals surface area contributed by atoms with Crippen LogP contribution in [-0.4, -0.2) is 11.8 Å². The van der Waals surface area contributed by atoms with Gasteiger partial charge < -0.3 is 9.47 Å². The first-order valence-electron chi connectivity index (χ1n) is 9.70. The minimum absolute atomic E-state index is 0.177. The molecule has 148 valence electrons. The summed E-state index contributed by atoms with van der Waals surface area (Å²) in [4.78, 5) is 6.98. The van der Waals surface area contributed by atoms with Crippen LogP contribution >= 0.6 is 0 Å². The third-order valence-electron chi connectivity index (χ3n) is 5.02. The summed E-state index contributed by atoms with van der Waals surface area (Å²) < 4.78 is 24.5. The van der Waals surface area contributed by atoms with Crippen molar-refractivity contribution in [2.24, 2.45) is 0 Å². The number of anilines is 1. The van der Waals surface area contributed by atoms with Crippen molar-refractivity contribution in [1.82, 2.24) is 4.98 Å². The Labute approximate surface area is 173 Å². The molecule has 0 saturated heterocycles. The monoisotopic (exact) mass is 398 g/mol. The highest BCUT2D eigenvalue weighted by molar-refractivity contribution is 5.95. The molecule has 5 heteroatoms. The van der Waals surface area contributed by atoms with E-state index in [0.717, 1.165) is 33.4 Å². The second-order valence-electron chi connectivity index (χ2n) is 7.02. The quantitative estimate of drug-likeness (QED) is 0.422. The standard InChI is InChI=1S/C25H19FN2O2/c26-21-12-10-19(11-13-21)23-14-20-8-4-5-9-22(20)25(27-23)28(24-16-29-17-30-24)15-18-6-2-1-3-7-18/h1-14,16H,15,17H2. The number of nitrogens with zero attached hydrogens (tertiary/aromatic N) is 2. The number of ether oxygens (including phenoxy) is 2. The summed E-state index contributed by atoms with van der Waals surface area (Å²) in [7, 11) is 0. The van der Waals surface area contributed by atoms with Gasteiger partial charge in [-0.1, -0.05) is 54.6 Å². The van der Waals surface area contributed by atoms with E-state index in [0.29, 0.717) is 12.4 Å². The first-order chi connectivity index (χ1) is 14.8. The lowest BCUT2D eigenvalue weighted by Crippen LogP contribution is -2.24. The zero-order chi connectivity index (χ0) is 20.3. The van der Waals surface area contributed by atoms with Gasteiger partial charge in [0.2, 0.25) is 12.7 Å². The molecule has 2 heterocycles. The van der Waals surface area contributed by atoms with Crippen molar-refractivity contribution in [3.63, 3.8) is 0 Å². The van der Waals surface area contributed by atoms with Gasteiger partial charge in [0.15, 0.2) is 0 Å². The van der Waals surface area contributed by atoms with Crippen molar-refractivity contribution in [3.8, 4) is 11.3 Å². The maximum Gasteiger partial charge on any atom is 0.234 e. The lowest BCUT2D eigenvalue weighted by molar-refractivity contribution is 0.0782. The van der Waals surface area contributed by atoms with Gasteiger partial charge in [-0.2, -0.15) is 0 Å². The number of aromatic nitrogens is 1. The molecule has 0 atom stereocenters. The Bertz CT molecular complexity index is 1210. The van der Waals surface area contributed by atoms with Crippen LogP contribution in [0, 0.1) is 5.82 Å². The Kier molecular flexibility index (Phi) is 4.77. The van der Waals surface area contributed by atoms with E-state index in [1.165, 1.54) is 12.1 Å². The molecule has 0 radical (unpaired) electrons. The Hall–Kier alpha value is -3.86. The molecule has 0 bridgehead atoms. The molecule has 0 N–H and O–H groups in total. The van der Waals surface area contributed by atoms with Crippen LogP contribution in [0.4, 0.5) is 10.2 Å². The first-order valence-corrected chi connectivity index (χ1v) is 9.70. The summed E-state index contributed by atoms with van der Waals surface area (Å²) >= 11 is 0. The lowest BCUT2D eigenvalue weighted by Gasteiger charge is -2.25. The van der Waals surface area contributed by atoms with Crippen LogP contribution in [0.5, 0.6) is 0 Å². The molecule has 30 heavy (non-hydrogen) atoms. The topological polar surface area (TPSA) is 34.6 Å². The van der Waals surface area contributed by atoms with Gasteiger partial charge in [-0.3, -0.25) is 4.90 Å². The second kappa shape index (κ2) is 7.87. The van der Waals surface area contributed by atoms with E-state index in [1.807, 2.05) is 47.4 Å². The number of hydrogen-bond donors (Lipinski definition) is 0. The van der Waals surface area contributed by atoms with Gasteiger partial charge in [0.05, 0.1) is 12.2 Å². The molecule has 1 aliphatic rings. The zero-order valence-corrected chi connectivity index (χ0v) is 16.2. The van der Waals surface area contributed by atoms with Gasteiger partial charge in [0, 0.05) is 10.9 Å². The zero-order valence-electron chi connectivity index (χ0n) is 16.2. The van der Waals surface area contributed by atoms with Crippen molar-refractivity contribution in [2.75, 3.05) is 11.7 Å². The summed E-state index contributed by atoms with van der Waals surface area (Å²) in [6.07, 6.45) is 1.62. The van der Waals surface area contributed by atoms with E-state index < -0.39 is 0 Å². The molecule has 0 aliphatic carbocycles. The maximum atomic E-state index is 13.4. The van der Waals surface area contributed by atoms with Crippen LogP contribution < -0.4 is 4.90 Å². The molecule has 1 aromatic heterocycles. The van der Waals surface area contributed by atoms with Crippen molar-refractivity contribution in [1.29, 1.82) is 0 Å². The average molecular weight is 398 g/mol. The van der Waals surface area contributed by atoms with Crippen molar-refractivity contribution >= 4 is 16.6 Å². The number of benzene rings is 3. The number of hydrogen-bond acceptors (Lipinski definition) is 4. The van der Waals surface area contributed by atoms with E-state index in [4.69, 9.17) is 14.5 Å². The summed E-state index contributed by atoms with van der Waals surface area (Å²) in [5.74, 6) is 1.09. The minimum atomic E-state index is -0.271. The molecular weight excluding hydrogens is 379 g/mol. The van der Waals surface area contributed by atoms with Crippen LogP contribution in [0.3, 0.4) is 0 Å². The third kappa shape index (κ3) is 3.57. The van der Waals surface area contributed by atoms with Crippen LogP contribution in [0.1, 0.15) is 5.56 Å². The van der Waals surface area contributed by atoms with Gasteiger partial charge in [0.1, 0.15) is 17.9 Å². The van der Waals surface area contributed by atoms with E-state index in [1.54, 1.807) is 18.4 Å². The normalized spacial score (nSPS) is 12.9. The molecule has 4 aromatic rings. The summed E-state index contributed by atoms with van der Waals surface area (Å²) in [5, 5.41) is 2.04.